The number of carbonyl (C=O) groups excluding carboxylic acids is 1. The van der Waals surface area contributed by atoms with Gasteiger partial charge < -0.3 is 9.47 Å². The number of nitrogens with one attached hydrogen (secondary N) is 1. The Labute approximate surface area is 212 Å². The van der Waals surface area contributed by atoms with Crippen molar-refractivity contribution in [1.82, 2.24) is 5.43 Å². The monoisotopic (exact) mass is 532 g/mol. The molecule has 0 fully saturated rings. The minimum absolute atomic E-state index is 0.0340. The zero-order valence-electron chi connectivity index (χ0n) is 19.1. The number of carbonyl (C=O) groups is 1. The first-order valence-electron chi connectivity index (χ1n) is 10.2. The van der Waals surface area contributed by atoms with Gasteiger partial charge in [-0.25, -0.2) is 13.8 Å². The third-order valence-corrected chi connectivity index (χ3v) is 6.90. The number of nitro groups is 1. The highest BCUT2D eigenvalue weighted by molar-refractivity contribution is 7.93. The minimum Gasteiger partial charge on any atom is -0.497 e. The number of nitro benzene ring substituents is 1. The van der Waals surface area contributed by atoms with E-state index in [-0.39, 0.29) is 11.4 Å². The van der Waals surface area contributed by atoms with Gasteiger partial charge in [0.2, 0.25) is 0 Å². The molecule has 0 heterocycles. The highest BCUT2D eigenvalue weighted by Crippen LogP contribution is 2.37. The fraction of sp³-hybridized carbons (Fsp3) is 0.130. The molecule has 3 rings (SSSR count). The molecule has 13 heteroatoms. The lowest BCUT2D eigenvalue weighted by Crippen LogP contribution is -2.40. The molecule has 11 nitrogen and oxygen atoms in total. The number of amides is 1. The number of ether oxygens (including phenoxy) is 2. The highest BCUT2D eigenvalue weighted by atomic mass is 35.5. The Morgan fingerprint density at radius 3 is 2.44 bits per heavy atom. The van der Waals surface area contributed by atoms with Gasteiger partial charge in [0.1, 0.15) is 18.0 Å². The average molecular weight is 533 g/mol. The third-order valence-electron chi connectivity index (χ3n) is 4.85. The van der Waals surface area contributed by atoms with Crippen molar-refractivity contribution in [2.45, 2.75) is 4.90 Å². The summed E-state index contributed by atoms with van der Waals surface area (Å²) in [4.78, 5) is 22.9. The molecule has 0 saturated heterocycles. The Kier molecular flexibility index (Phi) is 8.46. The van der Waals surface area contributed by atoms with Crippen molar-refractivity contribution in [3.63, 3.8) is 0 Å². The average Bonchev–Trinajstić information content (AvgIpc) is 2.88. The number of hydrogen-bond donors (Lipinski definition) is 1. The Hall–Kier alpha value is -4.16. The molecule has 36 heavy (non-hydrogen) atoms. The number of halogens is 1. The maximum Gasteiger partial charge on any atom is 0.289 e. The summed E-state index contributed by atoms with van der Waals surface area (Å²) in [5.74, 6) is -0.370. The zero-order valence-corrected chi connectivity index (χ0v) is 20.7. The molecule has 0 bridgehead atoms. The number of hydrazone groups is 1. The van der Waals surface area contributed by atoms with E-state index in [4.69, 9.17) is 21.1 Å². The Morgan fingerprint density at radius 2 is 1.81 bits per heavy atom. The molecule has 0 saturated carbocycles. The van der Waals surface area contributed by atoms with Gasteiger partial charge >= 0.3 is 0 Å². The molecule has 1 amide bonds. The summed E-state index contributed by atoms with van der Waals surface area (Å²) in [6, 6.07) is 15.7. The lowest BCUT2D eigenvalue weighted by atomic mass is 10.2. The Balaban J connectivity index is 2.00. The van der Waals surface area contributed by atoms with Gasteiger partial charge in [0, 0.05) is 17.2 Å². The summed E-state index contributed by atoms with van der Waals surface area (Å²) in [5, 5.41) is 15.9. The fourth-order valence-corrected chi connectivity index (χ4v) is 4.85. The van der Waals surface area contributed by atoms with Crippen LogP contribution in [-0.2, 0) is 14.8 Å². The number of hydrogen-bond acceptors (Lipinski definition) is 8. The minimum atomic E-state index is -4.62. The van der Waals surface area contributed by atoms with E-state index in [9.17, 15) is 23.3 Å². The van der Waals surface area contributed by atoms with Gasteiger partial charge in [0.25, 0.3) is 21.6 Å². The second-order valence-corrected chi connectivity index (χ2v) is 9.39. The molecule has 0 aliphatic heterocycles. The molecular formula is C23H21ClN4O7S. The summed E-state index contributed by atoms with van der Waals surface area (Å²) in [5.41, 5.74) is 2.22. The summed E-state index contributed by atoms with van der Waals surface area (Å²) >= 11 is 5.84. The maximum atomic E-state index is 13.6. The van der Waals surface area contributed by atoms with Crippen molar-refractivity contribution in [2.75, 3.05) is 25.1 Å². The van der Waals surface area contributed by atoms with E-state index in [1.54, 1.807) is 24.3 Å². The van der Waals surface area contributed by atoms with Crippen LogP contribution in [0.25, 0.3) is 0 Å². The van der Waals surface area contributed by atoms with Gasteiger partial charge in [-0.1, -0.05) is 35.9 Å². The number of rotatable bonds is 10. The van der Waals surface area contributed by atoms with E-state index in [1.165, 1.54) is 50.8 Å². The lowest BCUT2D eigenvalue weighted by molar-refractivity contribution is -0.387. The topological polar surface area (TPSA) is 140 Å². The van der Waals surface area contributed by atoms with Gasteiger partial charge in [-0.3, -0.25) is 19.2 Å². The van der Waals surface area contributed by atoms with Crippen molar-refractivity contribution < 1.29 is 27.6 Å². The number of methoxy groups -OCH3 is 2. The van der Waals surface area contributed by atoms with E-state index >= 15 is 0 Å². The predicted molar refractivity (Wildman–Crippen MR) is 134 cm³/mol. The zero-order chi connectivity index (χ0) is 26.3. The molecule has 0 aliphatic carbocycles. The van der Waals surface area contributed by atoms with Crippen LogP contribution in [0.5, 0.6) is 11.5 Å². The number of sulfonamides is 1. The van der Waals surface area contributed by atoms with Crippen LogP contribution in [0.1, 0.15) is 5.56 Å². The molecule has 1 N–H and O–H groups in total. The number of benzene rings is 3. The summed E-state index contributed by atoms with van der Waals surface area (Å²) in [7, 11) is -1.89. The largest absolute Gasteiger partial charge is 0.497 e. The Morgan fingerprint density at radius 1 is 1.11 bits per heavy atom. The van der Waals surface area contributed by atoms with Gasteiger partial charge in [-0.2, -0.15) is 5.10 Å². The summed E-state index contributed by atoms with van der Waals surface area (Å²) < 4.78 is 38.5. The van der Waals surface area contributed by atoms with Crippen LogP contribution in [0, 0.1) is 10.1 Å². The second kappa shape index (κ2) is 11.5. The molecule has 0 aliphatic rings. The summed E-state index contributed by atoms with van der Waals surface area (Å²) in [6.45, 7) is -0.755. The number of nitrogens with zero attached hydrogens (tertiary/aromatic N) is 3. The SMILES string of the molecule is COc1ccc(N(CC(=O)N/N=C/c2ccc(Cl)cc2)S(=O)(=O)c2ccccc2[N+](=O)[O-])c(OC)c1. The fourth-order valence-electron chi connectivity index (χ4n) is 3.13. The van der Waals surface area contributed by atoms with Crippen LogP contribution < -0.4 is 19.2 Å². The predicted octanol–water partition coefficient (Wildman–Crippen LogP) is 3.61. The highest BCUT2D eigenvalue weighted by Gasteiger charge is 2.34. The maximum absolute atomic E-state index is 13.6. The molecule has 188 valence electrons. The van der Waals surface area contributed by atoms with Gasteiger partial charge in [0.05, 0.1) is 31.0 Å². The van der Waals surface area contributed by atoms with E-state index in [2.05, 4.69) is 10.5 Å². The van der Waals surface area contributed by atoms with Crippen LogP contribution in [0.15, 0.2) is 76.7 Å². The van der Waals surface area contributed by atoms with Gasteiger partial charge in [0.15, 0.2) is 4.90 Å². The third kappa shape index (κ3) is 6.09. The van der Waals surface area contributed by atoms with Crippen molar-refractivity contribution in [3.05, 3.63) is 87.4 Å². The normalized spacial score (nSPS) is 11.2. The first-order chi connectivity index (χ1) is 17.2. The van der Waals surface area contributed by atoms with Crippen molar-refractivity contribution in [2.24, 2.45) is 5.10 Å². The molecule has 0 radical (unpaired) electrons. The van der Waals surface area contributed by atoms with E-state index < -0.39 is 38.0 Å². The smallest absolute Gasteiger partial charge is 0.289 e. The van der Waals surface area contributed by atoms with Crippen molar-refractivity contribution >= 4 is 45.1 Å². The first kappa shape index (κ1) is 26.4. The molecule has 0 unspecified atom stereocenters. The summed E-state index contributed by atoms with van der Waals surface area (Å²) in [6.07, 6.45) is 1.35. The Bertz CT molecular complexity index is 1400. The molecule has 0 aromatic heterocycles. The van der Waals surface area contributed by atoms with Crippen LogP contribution in [0.4, 0.5) is 11.4 Å². The first-order valence-corrected chi connectivity index (χ1v) is 12.0. The van der Waals surface area contributed by atoms with E-state index in [0.29, 0.717) is 20.6 Å². The second-order valence-electron chi connectivity index (χ2n) is 7.12. The van der Waals surface area contributed by atoms with Crippen LogP contribution in [-0.4, -0.2) is 46.2 Å². The van der Waals surface area contributed by atoms with Crippen LogP contribution >= 0.6 is 11.6 Å². The van der Waals surface area contributed by atoms with Gasteiger partial charge in [-0.05, 0) is 35.9 Å². The van der Waals surface area contributed by atoms with Crippen LogP contribution in [0.3, 0.4) is 0 Å². The van der Waals surface area contributed by atoms with Crippen LogP contribution in [0.2, 0.25) is 5.02 Å². The quantitative estimate of drug-likeness (QED) is 0.239. The van der Waals surface area contributed by atoms with E-state index in [1.807, 2.05) is 0 Å². The lowest BCUT2D eigenvalue weighted by Gasteiger charge is -2.25. The van der Waals surface area contributed by atoms with Crippen molar-refractivity contribution in [1.29, 1.82) is 0 Å². The van der Waals surface area contributed by atoms with Gasteiger partial charge in [-0.15, -0.1) is 0 Å². The molecule has 0 spiro atoms. The molecule has 3 aromatic rings. The van der Waals surface area contributed by atoms with Crippen molar-refractivity contribution in [3.8, 4) is 11.5 Å². The number of para-hydroxylation sites is 1. The number of anilines is 1. The van der Waals surface area contributed by atoms with E-state index in [0.717, 1.165) is 12.1 Å². The molecule has 0 atom stereocenters. The molecular weight excluding hydrogens is 512 g/mol. The molecule has 3 aromatic carbocycles. The standard InChI is InChI=1S/C23H21ClN4O7S/c1-34-18-11-12-19(21(13-18)35-2)27(36(32,33)22-6-4-3-5-20(22)28(30)31)15-23(29)26-25-14-16-7-9-17(24)10-8-16/h3-14H,15H2,1-2H3,(H,26,29)/b25-14+.